The van der Waals surface area contributed by atoms with Crippen molar-refractivity contribution in [1.82, 2.24) is 4.31 Å². The average Bonchev–Trinajstić information content (AvgIpc) is 2.68. The molecule has 2 rings (SSSR count). The van der Waals surface area contributed by atoms with Crippen LogP contribution >= 0.6 is 0 Å². The largest absolute Gasteiger partial charge is 0.380 e. The second-order valence-corrected chi connectivity index (χ2v) is 6.16. The molecule has 100 valence electrons. The maximum absolute atomic E-state index is 12.4. The first-order valence-corrected chi connectivity index (χ1v) is 7.45. The molecule has 18 heavy (non-hydrogen) atoms. The van der Waals surface area contributed by atoms with Crippen molar-refractivity contribution in [2.45, 2.75) is 17.9 Å². The van der Waals surface area contributed by atoms with Crippen molar-refractivity contribution in [2.24, 2.45) is 5.73 Å². The molecule has 1 aromatic rings. The van der Waals surface area contributed by atoms with Gasteiger partial charge in [0.2, 0.25) is 10.0 Å². The predicted molar refractivity (Wildman–Crippen MR) is 68.5 cm³/mol. The third-order valence-corrected chi connectivity index (χ3v) is 4.85. The maximum atomic E-state index is 12.4. The van der Waals surface area contributed by atoms with Crippen molar-refractivity contribution in [2.75, 3.05) is 26.3 Å². The monoisotopic (exact) mass is 270 g/mol. The Morgan fingerprint density at radius 1 is 1.28 bits per heavy atom. The summed E-state index contributed by atoms with van der Waals surface area (Å²) in [7, 11) is -3.42. The summed E-state index contributed by atoms with van der Waals surface area (Å²) < 4.78 is 31.6. The van der Waals surface area contributed by atoms with Gasteiger partial charge in [-0.1, -0.05) is 12.1 Å². The number of rotatable bonds is 3. The van der Waals surface area contributed by atoms with E-state index >= 15 is 0 Å². The van der Waals surface area contributed by atoms with Gasteiger partial charge in [-0.2, -0.15) is 4.31 Å². The van der Waals surface area contributed by atoms with E-state index in [1.807, 2.05) is 6.07 Å². The Hall–Kier alpha value is -0.950. The molecule has 5 nitrogen and oxygen atoms in total. The SMILES string of the molecule is NCc1cccc(S(=O)(=O)N2CCCOCC2)c1. The zero-order valence-corrected chi connectivity index (χ0v) is 11.0. The lowest BCUT2D eigenvalue weighted by atomic mass is 10.2. The first-order valence-electron chi connectivity index (χ1n) is 6.01. The van der Waals surface area contributed by atoms with Crippen LogP contribution in [0.5, 0.6) is 0 Å². The Labute approximate surface area is 108 Å². The highest BCUT2D eigenvalue weighted by Gasteiger charge is 2.25. The van der Waals surface area contributed by atoms with Gasteiger partial charge in [-0.3, -0.25) is 0 Å². The van der Waals surface area contributed by atoms with Crippen molar-refractivity contribution < 1.29 is 13.2 Å². The highest BCUT2D eigenvalue weighted by molar-refractivity contribution is 7.89. The molecule has 1 aliphatic rings. The second kappa shape index (κ2) is 5.79. The summed E-state index contributed by atoms with van der Waals surface area (Å²) in [5.74, 6) is 0. The number of nitrogens with zero attached hydrogens (tertiary/aromatic N) is 1. The van der Waals surface area contributed by atoms with E-state index in [9.17, 15) is 8.42 Å². The third-order valence-electron chi connectivity index (χ3n) is 2.95. The van der Waals surface area contributed by atoms with Gasteiger partial charge in [0.25, 0.3) is 0 Å². The Morgan fingerprint density at radius 3 is 2.89 bits per heavy atom. The first kappa shape index (κ1) is 13.5. The van der Waals surface area contributed by atoms with Crippen molar-refractivity contribution in [1.29, 1.82) is 0 Å². The standard InChI is InChI=1S/C12H18N2O3S/c13-10-11-3-1-4-12(9-11)18(15,16)14-5-2-7-17-8-6-14/h1,3-4,9H,2,5-8,10,13H2. The first-order chi connectivity index (χ1) is 8.64. The van der Waals surface area contributed by atoms with Crippen LogP contribution in [0.2, 0.25) is 0 Å². The van der Waals surface area contributed by atoms with E-state index in [1.54, 1.807) is 18.2 Å². The number of hydrogen-bond donors (Lipinski definition) is 1. The quantitative estimate of drug-likeness (QED) is 0.871. The van der Waals surface area contributed by atoms with Crippen LogP contribution < -0.4 is 5.73 Å². The lowest BCUT2D eigenvalue weighted by molar-refractivity contribution is 0.148. The smallest absolute Gasteiger partial charge is 0.243 e. The summed E-state index contributed by atoms with van der Waals surface area (Å²) in [6.45, 7) is 2.33. The summed E-state index contributed by atoms with van der Waals surface area (Å²) >= 11 is 0. The van der Waals surface area contributed by atoms with Crippen molar-refractivity contribution in [3.63, 3.8) is 0 Å². The minimum absolute atomic E-state index is 0.312. The van der Waals surface area contributed by atoms with E-state index in [-0.39, 0.29) is 0 Å². The van der Waals surface area contributed by atoms with Crippen LogP contribution in [0, 0.1) is 0 Å². The molecule has 1 saturated heterocycles. The van der Waals surface area contributed by atoms with E-state index in [0.29, 0.717) is 37.7 Å². The van der Waals surface area contributed by atoms with Gasteiger partial charge in [0, 0.05) is 26.2 Å². The molecule has 0 bridgehead atoms. The van der Waals surface area contributed by atoms with E-state index in [0.717, 1.165) is 12.0 Å². The van der Waals surface area contributed by atoms with Gasteiger partial charge < -0.3 is 10.5 Å². The number of ether oxygens (including phenoxy) is 1. The van der Waals surface area contributed by atoms with Gasteiger partial charge in [-0.25, -0.2) is 8.42 Å². The Kier molecular flexibility index (Phi) is 4.34. The lowest BCUT2D eigenvalue weighted by Gasteiger charge is -2.19. The van der Waals surface area contributed by atoms with E-state index in [4.69, 9.17) is 10.5 Å². The fourth-order valence-electron chi connectivity index (χ4n) is 1.95. The minimum Gasteiger partial charge on any atom is -0.380 e. The van der Waals surface area contributed by atoms with Crippen LogP contribution in [0.3, 0.4) is 0 Å². The van der Waals surface area contributed by atoms with Crippen molar-refractivity contribution >= 4 is 10.0 Å². The van der Waals surface area contributed by atoms with E-state index in [1.165, 1.54) is 4.31 Å². The third kappa shape index (κ3) is 2.89. The molecule has 0 aromatic heterocycles. The van der Waals surface area contributed by atoms with Crippen LogP contribution in [0.15, 0.2) is 29.2 Å². The zero-order valence-electron chi connectivity index (χ0n) is 10.2. The van der Waals surface area contributed by atoms with Crippen LogP contribution in [0.4, 0.5) is 0 Å². The predicted octanol–water partition coefficient (Wildman–Crippen LogP) is 0.556. The van der Waals surface area contributed by atoms with E-state index < -0.39 is 10.0 Å². The molecule has 0 aliphatic carbocycles. The molecule has 0 radical (unpaired) electrons. The fourth-order valence-corrected chi connectivity index (χ4v) is 3.48. The van der Waals surface area contributed by atoms with Gasteiger partial charge in [-0.15, -0.1) is 0 Å². The highest BCUT2D eigenvalue weighted by Crippen LogP contribution is 2.18. The molecule has 1 heterocycles. The second-order valence-electron chi connectivity index (χ2n) is 4.22. The summed E-state index contributed by atoms with van der Waals surface area (Å²) in [6, 6.07) is 6.80. The average molecular weight is 270 g/mol. The fraction of sp³-hybridized carbons (Fsp3) is 0.500. The summed E-state index contributed by atoms with van der Waals surface area (Å²) in [5.41, 5.74) is 6.36. The number of benzene rings is 1. The van der Waals surface area contributed by atoms with Crippen LogP contribution in [0.1, 0.15) is 12.0 Å². The summed E-state index contributed by atoms with van der Waals surface area (Å²) in [5, 5.41) is 0. The molecule has 0 saturated carbocycles. The van der Waals surface area contributed by atoms with Crippen LogP contribution in [-0.2, 0) is 21.3 Å². The Bertz CT molecular complexity index is 494. The summed E-state index contributed by atoms with van der Waals surface area (Å²) in [4.78, 5) is 0.312. The molecular weight excluding hydrogens is 252 g/mol. The number of nitrogens with two attached hydrogens (primary N) is 1. The van der Waals surface area contributed by atoms with Gasteiger partial charge in [0.15, 0.2) is 0 Å². The Balaban J connectivity index is 2.28. The van der Waals surface area contributed by atoms with E-state index in [2.05, 4.69) is 0 Å². The van der Waals surface area contributed by atoms with Crippen molar-refractivity contribution in [3.05, 3.63) is 29.8 Å². The van der Waals surface area contributed by atoms with Gasteiger partial charge >= 0.3 is 0 Å². The summed E-state index contributed by atoms with van der Waals surface area (Å²) in [6.07, 6.45) is 0.732. The Morgan fingerprint density at radius 2 is 2.11 bits per heavy atom. The molecule has 6 heteroatoms. The highest BCUT2D eigenvalue weighted by atomic mass is 32.2. The molecule has 0 amide bonds. The molecule has 1 aromatic carbocycles. The number of sulfonamides is 1. The van der Waals surface area contributed by atoms with Gasteiger partial charge in [0.1, 0.15) is 0 Å². The van der Waals surface area contributed by atoms with Crippen LogP contribution in [-0.4, -0.2) is 39.0 Å². The minimum atomic E-state index is -3.42. The van der Waals surface area contributed by atoms with Gasteiger partial charge in [0.05, 0.1) is 11.5 Å². The lowest BCUT2D eigenvalue weighted by Crippen LogP contribution is -2.33. The molecular formula is C12H18N2O3S. The zero-order chi connectivity index (χ0) is 13.0. The number of hydrogen-bond acceptors (Lipinski definition) is 4. The molecule has 0 spiro atoms. The molecule has 0 atom stereocenters. The van der Waals surface area contributed by atoms with Crippen LogP contribution in [0.25, 0.3) is 0 Å². The molecule has 0 unspecified atom stereocenters. The molecule has 1 fully saturated rings. The molecule has 1 aliphatic heterocycles. The normalized spacial score (nSPS) is 18.5. The van der Waals surface area contributed by atoms with Gasteiger partial charge in [-0.05, 0) is 24.1 Å². The topological polar surface area (TPSA) is 72.6 Å². The molecule has 2 N–H and O–H groups in total. The van der Waals surface area contributed by atoms with Crippen molar-refractivity contribution in [3.8, 4) is 0 Å². The maximum Gasteiger partial charge on any atom is 0.243 e.